The van der Waals surface area contributed by atoms with Crippen LogP contribution < -0.4 is 5.32 Å². The third kappa shape index (κ3) is 2.55. The lowest BCUT2D eigenvalue weighted by Crippen LogP contribution is -2.28. The molecule has 1 aliphatic heterocycles. The summed E-state index contributed by atoms with van der Waals surface area (Å²) >= 11 is 0. The lowest BCUT2D eigenvalue weighted by atomic mass is 9.78. The van der Waals surface area contributed by atoms with E-state index in [0.29, 0.717) is 6.04 Å². The quantitative estimate of drug-likeness (QED) is 0.845. The molecule has 1 unspecified atom stereocenters. The Balaban J connectivity index is 2.11. The first-order chi connectivity index (χ1) is 11.3. The van der Waals surface area contributed by atoms with Gasteiger partial charge in [-0.1, -0.05) is 42.5 Å². The monoisotopic (exact) mass is 320 g/mol. The molecule has 2 aliphatic rings. The van der Waals surface area contributed by atoms with Crippen LogP contribution in [0.1, 0.15) is 49.9 Å². The lowest BCUT2D eigenvalue weighted by molar-refractivity contribution is 0.411. The summed E-state index contributed by atoms with van der Waals surface area (Å²) in [5.41, 5.74) is 11.7. The minimum atomic E-state index is 0.369. The van der Waals surface area contributed by atoms with Crippen LogP contribution >= 0.6 is 0 Å². The molecule has 0 saturated carbocycles. The van der Waals surface area contributed by atoms with E-state index in [1.54, 1.807) is 0 Å². The number of fused-ring (bicyclic) bond motifs is 2. The first-order valence-electron chi connectivity index (χ1n) is 8.65. The molecule has 1 aromatic carbocycles. The van der Waals surface area contributed by atoms with Crippen LogP contribution in [0.15, 0.2) is 59.3 Å². The maximum absolute atomic E-state index is 4.41. The fourth-order valence-corrected chi connectivity index (χ4v) is 4.11. The highest BCUT2D eigenvalue weighted by Crippen LogP contribution is 2.45. The number of allylic oxidation sites excluding steroid dienone is 4. The van der Waals surface area contributed by atoms with E-state index in [1.165, 1.54) is 39.1 Å². The predicted molar refractivity (Wildman–Crippen MR) is 104 cm³/mol. The van der Waals surface area contributed by atoms with Crippen molar-refractivity contribution >= 4 is 5.57 Å². The van der Waals surface area contributed by atoms with Gasteiger partial charge in [0.25, 0.3) is 0 Å². The maximum Gasteiger partial charge on any atom is 0.0482 e. The fraction of sp³-hybridized carbons (Fsp3) is 0.364. The molecule has 126 valence electrons. The van der Waals surface area contributed by atoms with E-state index in [9.17, 15) is 0 Å². The summed E-state index contributed by atoms with van der Waals surface area (Å²) in [6.45, 7) is 16.0. The molecule has 24 heavy (non-hydrogen) atoms. The Labute approximate surface area is 146 Å². The van der Waals surface area contributed by atoms with Crippen LogP contribution in [0.25, 0.3) is 5.57 Å². The first-order valence-corrected chi connectivity index (χ1v) is 8.65. The van der Waals surface area contributed by atoms with Crippen LogP contribution in [-0.2, 0) is 6.54 Å². The van der Waals surface area contributed by atoms with Gasteiger partial charge in [-0.2, -0.15) is 0 Å². The van der Waals surface area contributed by atoms with Crippen molar-refractivity contribution in [2.75, 3.05) is 14.1 Å². The summed E-state index contributed by atoms with van der Waals surface area (Å²) in [6.07, 6.45) is 0.981. The Bertz CT molecular complexity index is 792. The van der Waals surface area contributed by atoms with Gasteiger partial charge in [-0.05, 0) is 67.6 Å². The van der Waals surface area contributed by atoms with Gasteiger partial charge < -0.3 is 10.2 Å². The van der Waals surface area contributed by atoms with Crippen LogP contribution in [0, 0.1) is 0 Å². The van der Waals surface area contributed by atoms with Gasteiger partial charge in [0, 0.05) is 25.3 Å². The minimum absolute atomic E-state index is 0.369. The SMILES string of the molecule is C=C(C)C1=C(C)CC2=C(C1=C)N(C)Cc1cc(C(C)NC)ccc12. The highest BCUT2D eigenvalue weighted by Gasteiger charge is 2.30. The molecular formula is C22H28N2. The molecule has 1 aromatic rings. The molecule has 1 N–H and O–H groups in total. The van der Waals surface area contributed by atoms with Crippen molar-refractivity contribution < 1.29 is 0 Å². The average Bonchev–Trinajstić information content (AvgIpc) is 2.52. The van der Waals surface area contributed by atoms with Crippen LogP contribution in [0.2, 0.25) is 0 Å². The molecule has 0 fully saturated rings. The summed E-state index contributed by atoms with van der Waals surface area (Å²) in [5.74, 6) is 0. The lowest BCUT2D eigenvalue weighted by Gasteiger charge is -2.38. The van der Waals surface area contributed by atoms with Gasteiger partial charge in [-0.15, -0.1) is 0 Å². The normalized spacial score (nSPS) is 18.5. The number of rotatable bonds is 3. The smallest absolute Gasteiger partial charge is 0.0482 e. The molecule has 0 spiro atoms. The second-order valence-electron chi connectivity index (χ2n) is 7.20. The van der Waals surface area contributed by atoms with Crippen LogP contribution in [0.4, 0.5) is 0 Å². The Morgan fingerprint density at radius 1 is 1.33 bits per heavy atom. The third-order valence-corrected chi connectivity index (χ3v) is 5.35. The number of nitrogens with zero attached hydrogens (tertiary/aromatic N) is 1. The summed E-state index contributed by atoms with van der Waals surface area (Å²) in [7, 11) is 4.18. The van der Waals surface area contributed by atoms with Gasteiger partial charge >= 0.3 is 0 Å². The molecule has 0 bridgehead atoms. The highest BCUT2D eigenvalue weighted by atomic mass is 15.1. The second kappa shape index (κ2) is 6.10. The Morgan fingerprint density at radius 3 is 2.67 bits per heavy atom. The molecule has 0 amide bonds. The molecule has 1 aliphatic carbocycles. The summed E-state index contributed by atoms with van der Waals surface area (Å²) in [4.78, 5) is 2.35. The zero-order valence-electron chi connectivity index (χ0n) is 15.6. The minimum Gasteiger partial charge on any atom is -0.370 e. The van der Waals surface area contributed by atoms with Crippen LogP contribution in [0.5, 0.6) is 0 Å². The summed E-state index contributed by atoms with van der Waals surface area (Å²) in [6, 6.07) is 7.28. The van der Waals surface area contributed by atoms with Gasteiger partial charge in [0.15, 0.2) is 0 Å². The van der Waals surface area contributed by atoms with E-state index in [1.807, 2.05) is 7.05 Å². The van der Waals surface area contributed by atoms with Gasteiger partial charge in [-0.3, -0.25) is 0 Å². The van der Waals surface area contributed by atoms with Crippen molar-refractivity contribution in [2.24, 2.45) is 0 Å². The fourth-order valence-electron chi connectivity index (χ4n) is 4.11. The standard InChI is InChI=1S/C22H28N2/c1-13(2)21-14(3)10-20-19-9-8-17(16(5)23-6)11-18(19)12-24(7)22(20)15(21)4/h8-9,11,16,23H,1,4,10,12H2,2-3,5-7H3. The van der Waals surface area contributed by atoms with E-state index in [0.717, 1.165) is 24.1 Å². The second-order valence-corrected chi connectivity index (χ2v) is 7.20. The van der Waals surface area contributed by atoms with Gasteiger partial charge in [-0.25, -0.2) is 0 Å². The molecule has 2 heteroatoms. The molecule has 1 heterocycles. The topological polar surface area (TPSA) is 15.3 Å². The number of nitrogens with one attached hydrogen (secondary N) is 1. The van der Waals surface area contributed by atoms with Crippen LogP contribution in [-0.4, -0.2) is 19.0 Å². The van der Waals surface area contributed by atoms with Crippen molar-refractivity contribution in [2.45, 2.75) is 39.8 Å². The van der Waals surface area contributed by atoms with E-state index in [-0.39, 0.29) is 0 Å². The van der Waals surface area contributed by atoms with Crippen molar-refractivity contribution in [3.8, 4) is 0 Å². The predicted octanol–water partition coefficient (Wildman–Crippen LogP) is 4.98. The van der Waals surface area contributed by atoms with E-state index >= 15 is 0 Å². The molecule has 2 nitrogen and oxygen atoms in total. The molecule has 0 radical (unpaired) electrons. The number of hydrogen-bond donors (Lipinski definition) is 1. The average molecular weight is 320 g/mol. The molecule has 3 rings (SSSR count). The molecule has 0 saturated heterocycles. The van der Waals surface area contributed by atoms with Crippen molar-refractivity contribution in [3.63, 3.8) is 0 Å². The van der Waals surface area contributed by atoms with E-state index < -0.39 is 0 Å². The first kappa shape index (κ1) is 16.8. The Hall–Kier alpha value is -2.06. The van der Waals surface area contributed by atoms with Gasteiger partial charge in [0.2, 0.25) is 0 Å². The molecule has 1 atom stereocenters. The Morgan fingerprint density at radius 2 is 2.04 bits per heavy atom. The van der Waals surface area contributed by atoms with Crippen molar-refractivity contribution in [1.29, 1.82) is 0 Å². The summed E-state index contributed by atoms with van der Waals surface area (Å²) in [5, 5.41) is 3.33. The van der Waals surface area contributed by atoms with Crippen molar-refractivity contribution in [3.05, 3.63) is 76.0 Å². The zero-order valence-corrected chi connectivity index (χ0v) is 15.6. The number of likely N-dealkylation sites (N-methyl/N-ethyl adjacent to an activating group) is 1. The van der Waals surface area contributed by atoms with Gasteiger partial charge in [0.05, 0.1) is 0 Å². The van der Waals surface area contributed by atoms with Gasteiger partial charge in [0.1, 0.15) is 0 Å². The maximum atomic E-state index is 4.41. The molecule has 0 aromatic heterocycles. The zero-order chi connectivity index (χ0) is 17.6. The Kier molecular flexibility index (Phi) is 4.27. The number of benzene rings is 1. The van der Waals surface area contributed by atoms with E-state index in [4.69, 9.17) is 0 Å². The largest absolute Gasteiger partial charge is 0.370 e. The number of hydrogen-bond acceptors (Lipinski definition) is 2. The van der Waals surface area contributed by atoms with Crippen LogP contribution in [0.3, 0.4) is 0 Å². The summed E-state index contributed by atoms with van der Waals surface area (Å²) < 4.78 is 0. The third-order valence-electron chi connectivity index (χ3n) is 5.35. The highest BCUT2D eigenvalue weighted by molar-refractivity contribution is 5.82. The van der Waals surface area contributed by atoms with E-state index in [2.05, 4.69) is 69.4 Å². The molecular weight excluding hydrogens is 292 g/mol. The van der Waals surface area contributed by atoms with Crippen molar-refractivity contribution in [1.82, 2.24) is 10.2 Å².